The van der Waals surface area contributed by atoms with Gasteiger partial charge in [-0.25, -0.2) is 8.51 Å². The molecule has 1 rings (SSSR count). The highest BCUT2D eigenvalue weighted by atomic mass is 32.2. The van der Waals surface area contributed by atoms with Crippen LogP contribution in [-0.2, 0) is 15.8 Å². The maximum atomic E-state index is 11.3. The molecule has 12 heavy (non-hydrogen) atoms. The van der Waals surface area contributed by atoms with Crippen LogP contribution >= 0.6 is 0 Å². The number of amides is 1. The minimum atomic E-state index is -0.982. The van der Waals surface area contributed by atoms with E-state index in [9.17, 15) is 9.00 Å². The van der Waals surface area contributed by atoms with E-state index in [1.807, 2.05) is 13.8 Å². The Hall–Kier alpha value is -0.420. The molecule has 0 saturated carbocycles. The number of rotatable bonds is 2. The molecule has 5 heteroatoms. The molecule has 70 valence electrons. The Kier molecular flexibility index (Phi) is 3.22. The Labute approximate surface area is 74.9 Å². The Morgan fingerprint density at radius 1 is 1.75 bits per heavy atom. The summed E-state index contributed by atoms with van der Waals surface area (Å²) in [6.07, 6.45) is 0. The molecule has 0 aromatic rings. The van der Waals surface area contributed by atoms with Crippen LogP contribution in [0.4, 0.5) is 0 Å². The fourth-order valence-corrected chi connectivity index (χ4v) is 2.25. The quantitative estimate of drug-likeness (QED) is 0.637. The van der Waals surface area contributed by atoms with Crippen LogP contribution in [0.25, 0.3) is 0 Å². The lowest BCUT2D eigenvalue weighted by Gasteiger charge is -2.29. The topological polar surface area (TPSA) is 49.4 Å². The Morgan fingerprint density at radius 2 is 2.42 bits per heavy atom. The average molecular weight is 190 g/mol. The smallest absolute Gasteiger partial charge is 0.235 e. The number of nitrogens with one attached hydrogen (secondary N) is 1. The van der Waals surface area contributed by atoms with Crippen molar-refractivity contribution in [3.8, 4) is 0 Å². The third kappa shape index (κ3) is 2.28. The lowest BCUT2D eigenvalue weighted by atomic mass is 10.3. The van der Waals surface area contributed by atoms with E-state index in [1.54, 1.807) is 4.31 Å². The number of hydrogen-bond acceptors (Lipinski definition) is 2. The molecular weight excluding hydrogens is 176 g/mol. The molecule has 1 fully saturated rings. The van der Waals surface area contributed by atoms with Crippen LogP contribution in [-0.4, -0.2) is 39.3 Å². The Morgan fingerprint density at radius 3 is 2.92 bits per heavy atom. The van der Waals surface area contributed by atoms with E-state index in [4.69, 9.17) is 0 Å². The van der Waals surface area contributed by atoms with Gasteiger partial charge in [-0.3, -0.25) is 4.79 Å². The first-order valence-corrected chi connectivity index (χ1v) is 5.34. The molecule has 4 nitrogen and oxygen atoms in total. The second-order valence-electron chi connectivity index (χ2n) is 2.90. The zero-order valence-corrected chi connectivity index (χ0v) is 8.19. The summed E-state index contributed by atoms with van der Waals surface area (Å²) in [5, 5.41) is 2.77. The molecule has 1 N–H and O–H groups in total. The highest BCUT2D eigenvalue weighted by Gasteiger charge is 2.24. The van der Waals surface area contributed by atoms with E-state index in [-0.39, 0.29) is 18.5 Å². The van der Waals surface area contributed by atoms with Gasteiger partial charge >= 0.3 is 0 Å². The van der Waals surface area contributed by atoms with Crippen LogP contribution in [0.3, 0.4) is 0 Å². The standard InChI is InChI=1S/C7H14N2O2S/c1-3-12(11)9-4-6(2)8-7(10)5-9/h6H,3-5H2,1-2H3,(H,8,10). The summed E-state index contributed by atoms with van der Waals surface area (Å²) in [4.78, 5) is 11.0. The molecule has 0 aromatic carbocycles. The van der Waals surface area contributed by atoms with Gasteiger partial charge in [-0.05, 0) is 6.92 Å². The molecule has 1 heterocycles. The Balaban J connectivity index is 2.55. The second kappa shape index (κ2) is 4.00. The van der Waals surface area contributed by atoms with Crippen molar-refractivity contribution >= 4 is 16.9 Å². The fraction of sp³-hybridized carbons (Fsp3) is 0.857. The van der Waals surface area contributed by atoms with Crippen LogP contribution in [0.5, 0.6) is 0 Å². The molecule has 1 aliphatic heterocycles. The SMILES string of the molecule is CCS(=O)N1CC(=O)NC(C)C1. The van der Waals surface area contributed by atoms with Crippen LogP contribution in [0.2, 0.25) is 0 Å². The zero-order chi connectivity index (χ0) is 9.14. The minimum absolute atomic E-state index is 0.0319. The van der Waals surface area contributed by atoms with Gasteiger partial charge in [0.1, 0.15) is 0 Å². The molecule has 2 atom stereocenters. The largest absolute Gasteiger partial charge is 0.351 e. The second-order valence-corrected chi connectivity index (χ2v) is 4.64. The summed E-state index contributed by atoms with van der Waals surface area (Å²) in [5.74, 6) is 0.551. The summed E-state index contributed by atoms with van der Waals surface area (Å²) in [5.41, 5.74) is 0. The van der Waals surface area contributed by atoms with Gasteiger partial charge in [-0.2, -0.15) is 0 Å². The molecule has 1 saturated heterocycles. The van der Waals surface area contributed by atoms with Crippen molar-refractivity contribution in [1.29, 1.82) is 0 Å². The van der Waals surface area contributed by atoms with E-state index in [2.05, 4.69) is 5.32 Å². The van der Waals surface area contributed by atoms with Crippen molar-refractivity contribution in [2.45, 2.75) is 19.9 Å². The Bertz CT molecular complexity index is 208. The summed E-state index contributed by atoms with van der Waals surface area (Å²) in [6.45, 7) is 4.72. The number of carbonyl (C=O) groups excluding carboxylic acids is 1. The number of hydrogen-bond donors (Lipinski definition) is 1. The maximum absolute atomic E-state index is 11.3. The summed E-state index contributed by atoms with van der Waals surface area (Å²) < 4.78 is 13.0. The van der Waals surface area contributed by atoms with Gasteiger partial charge in [0, 0.05) is 18.3 Å². The maximum Gasteiger partial charge on any atom is 0.235 e. The lowest BCUT2D eigenvalue weighted by Crippen LogP contribution is -2.53. The third-order valence-electron chi connectivity index (χ3n) is 1.74. The van der Waals surface area contributed by atoms with E-state index in [0.29, 0.717) is 12.3 Å². The average Bonchev–Trinajstić information content (AvgIpc) is 2.01. The molecule has 1 amide bonds. The first-order chi connectivity index (χ1) is 5.63. The molecule has 0 bridgehead atoms. The predicted octanol–water partition coefficient (Wildman–Crippen LogP) is -0.510. The summed E-state index contributed by atoms with van der Waals surface area (Å²) >= 11 is 0. The first kappa shape index (κ1) is 9.67. The van der Waals surface area contributed by atoms with Gasteiger partial charge < -0.3 is 5.32 Å². The van der Waals surface area contributed by atoms with Crippen molar-refractivity contribution in [2.24, 2.45) is 0 Å². The zero-order valence-electron chi connectivity index (χ0n) is 7.37. The van der Waals surface area contributed by atoms with Crippen molar-refractivity contribution in [1.82, 2.24) is 9.62 Å². The van der Waals surface area contributed by atoms with Crippen LogP contribution in [0, 0.1) is 0 Å². The number of carbonyl (C=O) groups is 1. The van der Waals surface area contributed by atoms with Crippen molar-refractivity contribution < 1.29 is 9.00 Å². The molecule has 0 spiro atoms. The molecule has 0 aromatic heterocycles. The first-order valence-electron chi connectivity index (χ1n) is 4.06. The van der Waals surface area contributed by atoms with Crippen molar-refractivity contribution in [2.75, 3.05) is 18.8 Å². The monoisotopic (exact) mass is 190 g/mol. The van der Waals surface area contributed by atoms with E-state index in [0.717, 1.165) is 0 Å². The van der Waals surface area contributed by atoms with E-state index < -0.39 is 11.0 Å². The highest BCUT2D eigenvalue weighted by molar-refractivity contribution is 7.82. The molecule has 0 radical (unpaired) electrons. The van der Waals surface area contributed by atoms with Crippen molar-refractivity contribution in [3.05, 3.63) is 0 Å². The van der Waals surface area contributed by atoms with Gasteiger partial charge in [0.15, 0.2) is 0 Å². The molecule has 2 unspecified atom stereocenters. The van der Waals surface area contributed by atoms with Crippen LogP contribution in [0.1, 0.15) is 13.8 Å². The minimum Gasteiger partial charge on any atom is -0.351 e. The highest BCUT2D eigenvalue weighted by Crippen LogP contribution is 2.02. The number of nitrogens with zero attached hydrogens (tertiary/aromatic N) is 1. The fourth-order valence-electron chi connectivity index (χ4n) is 1.23. The van der Waals surface area contributed by atoms with Gasteiger partial charge in [-0.1, -0.05) is 6.92 Å². The van der Waals surface area contributed by atoms with Gasteiger partial charge in [0.05, 0.1) is 17.5 Å². The summed E-state index contributed by atoms with van der Waals surface area (Å²) in [6, 6.07) is 0.113. The molecule has 1 aliphatic rings. The van der Waals surface area contributed by atoms with Gasteiger partial charge in [0.25, 0.3) is 0 Å². The van der Waals surface area contributed by atoms with Crippen LogP contribution in [0.15, 0.2) is 0 Å². The van der Waals surface area contributed by atoms with Crippen molar-refractivity contribution in [3.63, 3.8) is 0 Å². The van der Waals surface area contributed by atoms with E-state index in [1.165, 1.54) is 0 Å². The lowest BCUT2D eigenvalue weighted by molar-refractivity contribution is -0.123. The van der Waals surface area contributed by atoms with Crippen LogP contribution < -0.4 is 5.32 Å². The number of piperazine rings is 1. The van der Waals surface area contributed by atoms with E-state index >= 15 is 0 Å². The third-order valence-corrected chi connectivity index (χ3v) is 3.09. The molecule has 0 aliphatic carbocycles. The van der Waals surface area contributed by atoms with Gasteiger partial charge in [-0.15, -0.1) is 0 Å². The summed E-state index contributed by atoms with van der Waals surface area (Å²) in [7, 11) is -0.982. The molecular formula is C7H14N2O2S. The van der Waals surface area contributed by atoms with Gasteiger partial charge in [0.2, 0.25) is 5.91 Å². The normalized spacial score (nSPS) is 28.2. The predicted molar refractivity (Wildman–Crippen MR) is 47.9 cm³/mol.